The van der Waals surface area contributed by atoms with E-state index in [1.807, 2.05) is 0 Å². The van der Waals surface area contributed by atoms with E-state index in [9.17, 15) is 10.1 Å². The summed E-state index contributed by atoms with van der Waals surface area (Å²) in [6, 6.07) is 0. The first-order valence-electron chi connectivity index (χ1n) is 7.51. The van der Waals surface area contributed by atoms with Gasteiger partial charge in [0.25, 0.3) is 0 Å². The number of rotatable bonds is 10. The van der Waals surface area contributed by atoms with Crippen LogP contribution in [0.5, 0.6) is 0 Å². The molecule has 20 heavy (non-hydrogen) atoms. The second-order valence-corrected chi connectivity index (χ2v) is 5.81. The van der Waals surface area contributed by atoms with Gasteiger partial charge in [0.15, 0.2) is 0 Å². The Morgan fingerprint density at radius 2 is 1.90 bits per heavy atom. The smallest absolute Gasteiger partial charge is 0.230 e. The minimum atomic E-state index is -0.398. The first kappa shape index (κ1) is 18.6. The maximum absolute atomic E-state index is 10.2. The van der Waals surface area contributed by atoms with Crippen LogP contribution in [0, 0.1) is 16.0 Å². The zero-order valence-corrected chi connectivity index (χ0v) is 13.4. The first-order chi connectivity index (χ1) is 9.41. The van der Waals surface area contributed by atoms with E-state index in [0.717, 1.165) is 44.7 Å². The van der Waals surface area contributed by atoms with E-state index in [2.05, 4.69) is 39.8 Å². The Kier molecular flexibility index (Phi) is 10.7. The molecule has 0 aromatic rings. The third-order valence-electron chi connectivity index (χ3n) is 3.25. The minimum absolute atomic E-state index is 0.398. The lowest BCUT2D eigenvalue weighted by Crippen LogP contribution is -1.93. The van der Waals surface area contributed by atoms with E-state index < -0.39 is 4.92 Å². The molecule has 0 rings (SSSR count). The fourth-order valence-corrected chi connectivity index (χ4v) is 2.00. The van der Waals surface area contributed by atoms with Gasteiger partial charge in [0.2, 0.25) is 6.20 Å². The van der Waals surface area contributed by atoms with E-state index in [1.54, 1.807) is 6.08 Å². The second kappa shape index (κ2) is 11.4. The molecule has 0 aliphatic carbocycles. The average Bonchev–Trinajstić information content (AvgIpc) is 2.33. The van der Waals surface area contributed by atoms with Gasteiger partial charge >= 0.3 is 0 Å². The van der Waals surface area contributed by atoms with Crippen LogP contribution < -0.4 is 0 Å². The predicted molar refractivity (Wildman–Crippen MR) is 86.2 cm³/mol. The average molecular weight is 279 g/mol. The van der Waals surface area contributed by atoms with Crippen molar-refractivity contribution >= 4 is 0 Å². The Balaban J connectivity index is 3.72. The summed E-state index contributed by atoms with van der Waals surface area (Å²) in [5.41, 5.74) is 2.85. The molecule has 0 aromatic heterocycles. The third kappa shape index (κ3) is 13.1. The molecule has 1 atom stereocenters. The number of nitro groups is 1. The molecule has 0 saturated heterocycles. The number of allylic oxidation sites excluding steroid dienone is 5. The zero-order valence-electron chi connectivity index (χ0n) is 13.4. The summed E-state index contributed by atoms with van der Waals surface area (Å²) in [4.78, 5) is 9.75. The molecule has 114 valence electrons. The highest BCUT2D eigenvalue weighted by Crippen LogP contribution is 2.14. The maximum atomic E-state index is 10.2. The normalized spacial score (nSPS) is 13.5. The van der Waals surface area contributed by atoms with Gasteiger partial charge in [-0.15, -0.1) is 0 Å². The highest BCUT2D eigenvalue weighted by molar-refractivity contribution is 5.02. The molecule has 0 aliphatic heterocycles. The molecule has 3 nitrogen and oxygen atoms in total. The molecular weight excluding hydrogens is 250 g/mol. The molecule has 0 radical (unpaired) electrons. The molecule has 0 aromatic carbocycles. The van der Waals surface area contributed by atoms with Crippen molar-refractivity contribution in [2.45, 2.75) is 66.2 Å². The topological polar surface area (TPSA) is 43.1 Å². The lowest BCUT2D eigenvalue weighted by Gasteiger charge is -2.06. The number of nitrogens with zero attached hydrogens (tertiary/aromatic N) is 1. The summed E-state index contributed by atoms with van der Waals surface area (Å²) in [7, 11) is 0. The Morgan fingerprint density at radius 1 is 1.20 bits per heavy atom. The van der Waals surface area contributed by atoms with Crippen LogP contribution in [0.25, 0.3) is 0 Å². The quantitative estimate of drug-likeness (QED) is 0.224. The van der Waals surface area contributed by atoms with Crippen molar-refractivity contribution in [2.24, 2.45) is 5.92 Å². The Hall–Kier alpha value is -1.38. The van der Waals surface area contributed by atoms with Gasteiger partial charge in [-0.2, -0.15) is 0 Å². The summed E-state index contributed by atoms with van der Waals surface area (Å²) >= 11 is 0. The molecule has 0 amide bonds. The molecule has 0 saturated carbocycles. The van der Waals surface area contributed by atoms with Crippen molar-refractivity contribution in [1.82, 2.24) is 0 Å². The molecular formula is C17H29NO2. The second-order valence-electron chi connectivity index (χ2n) is 5.81. The fourth-order valence-electron chi connectivity index (χ4n) is 2.00. The van der Waals surface area contributed by atoms with E-state index in [-0.39, 0.29) is 0 Å². The van der Waals surface area contributed by atoms with Gasteiger partial charge in [-0.3, -0.25) is 10.1 Å². The predicted octanol–water partition coefficient (Wildman–Crippen LogP) is 5.67. The van der Waals surface area contributed by atoms with Crippen LogP contribution in [0.2, 0.25) is 0 Å². The molecule has 3 heteroatoms. The molecule has 0 N–H and O–H groups in total. The molecule has 0 heterocycles. The van der Waals surface area contributed by atoms with Crippen molar-refractivity contribution in [2.75, 3.05) is 0 Å². The standard InChI is InChI=1S/C17H29NO2/c1-15(2)9-7-12-16(3)10-5-6-11-17(4)13-8-14-18(19)20/h8-10,14,17H,5-7,11-13H2,1-4H3/b14-8+,16-10+. The number of hydrogen-bond donors (Lipinski definition) is 0. The summed E-state index contributed by atoms with van der Waals surface area (Å²) in [5.74, 6) is 0.519. The van der Waals surface area contributed by atoms with E-state index >= 15 is 0 Å². The SMILES string of the molecule is CC(C)=CCC/C(C)=C/CCCC(C)C/C=C/[N+](=O)[O-]. The van der Waals surface area contributed by atoms with Crippen LogP contribution in [-0.4, -0.2) is 4.92 Å². The van der Waals surface area contributed by atoms with Crippen LogP contribution >= 0.6 is 0 Å². The van der Waals surface area contributed by atoms with Gasteiger partial charge in [-0.25, -0.2) is 0 Å². The van der Waals surface area contributed by atoms with Gasteiger partial charge < -0.3 is 0 Å². The molecule has 0 aliphatic rings. The van der Waals surface area contributed by atoms with Crippen LogP contribution in [0.1, 0.15) is 66.2 Å². The van der Waals surface area contributed by atoms with Crippen molar-refractivity contribution < 1.29 is 4.92 Å². The van der Waals surface area contributed by atoms with Crippen molar-refractivity contribution in [1.29, 1.82) is 0 Å². The van der Waals surface area contributed by atoms with Gasteiger partial charge in [-0.1, -0.05) is 36.6 Å². The summed E-state index contributed by atoms with van der Waals surface area (Å²) in [6.45, 7) is 8.61. The largest absolute Gasteiger partial charge is 0.259 e. The lowest BCUT2D eigenvalue weighted by molar-refractivity contribution is -0.402. The highest BCUT2D eigenvalue weighted by Gasteiger charge is 2.00. The Bertz CT molecular complexity index is 363. The maximum Gasteiger partial charge on any atom is 0.230 e. The Labute approximate surface area is 123 Å². The van der Waals surface area contributed by atoms with Gasteiger partial charge in [0.1, 0.15) is 0 Å². The summed E-state index contributed by atoms with van der Waals surface area (Å²) < 4.78 is 0. The monoisotopic (exact) mass is 279 g/mol. The number of hydrogen-bond acceptors (Lipinski definition) is 2. The Morgan fingerprint density at radius 3 is 2.50 bits per heavy atom. The van der Waals surface area contributed by atoms with E-state index in [4.69, 9.17) is 0 Å². The van der Waals surface area contributed by atoms with Crippen molar-refractivity contribution in [3.63, 3.8) is 0 Å². The van der Waals surface area contributed by atoms with Gasteiger partial charge in [0, 0.05) is 0 Å². The van der Waals surface area contributed by atoms with Crippen molar-refractivity contribution in [3.05, 3.63) is 45.7 Å². The molecule has 1 unspecified atom stereocenters. The third-order valence-corrected chi connectivity index (χ3v) is 3.25. The van der Waals surface area contributed by atoms with Crippen LogP contribution in [0.15, 0.2) is 35.6 Å². The lowest BCUT2D eigenvalue weighted by atomic mass is 9.99. The molecule has 0 bridgehead atoms. The summed E-state index contributed by atoms with van der Waals surface area (Å²) in [6.07, 6.45) is 13.8. The summed E-state index contributed by atoms with van der Waals surface area (Å²) in [5, 5.41) is 10.2. The van der Waals surface area contributed by atoms with E-state index in [0.29, 0.717) is 5.92 Å². The molecule has 0 fully saturated rings. The van der Waals surface area contributed by atoms with Crippen molar-refractivity contribution in [3.8, 4) is 0 Å². The van der Waals surface area contributed by atoms with Gasteiger partial charge in [-0.05, 0) is 64.9 Å². The minimum Gasteiger partial charge on any atom is -0.259 e. The highest BCUT2D eigenvalue weighted by atomic mass is 16.6. The molecule has 0 spiro atoms. The first-order valence-corrected chi connectivity index (χ1v) is 7.51. The zero-order chi connectivity index (χ0) is 15.4. The van der Waals surface area contributed by atoms with Crippen LogP contribution in [0.3, 0.4) is 0 Å². The number of unbranched alkanes of at least 4 members (excludes halogenated alkanes) is 1. The van der Waals surface area contributed by atoms with Gasteiger partial charge in [0.05, 0.1) is 4.92 Å². The van der Waals surface area contributed by atoms with Crippen LogP contribution in [-0.2, 0) is 0 Å². The fraction of sp³-hybridized carbons (Fsp3) is 0.647. The van der Waals surface area contributed by atoms with Crippen LogP contribution in [0.4, 0.5) is 0 Å². The van der Waals surface area contributed by atoms with E-state index in [1.165, 1.54) is 11.1 Å².